The summed E-state index contributed by atoms with van der Waals surface area (Å²) in [6.45, 7) is 1.78. The van der Waals surface area contributed by atoms with Gasteiger partial charge in [0.15, 0.2) is 0 Å². The molecule has 1 aromatic carbocycles. The van der Waals surface area contributed by atoms with E-state index in [4.69, 9.17) is 12.2 Å². The second-order valence-corrected chi connectivity index (χ2v) is 8.20. The highest BCUT2D eigenvalue weighted by Crippen LogP contribution is 2.35. The molecule has 1 amide bonds. The number of benzene rings is 1. The van der Waals surface area contributed by atoms with Crippen LogP contribution >= 0.6 is 24.0 Å². The van der Waals surface area contributed by atoms with E-state index in [1.807, 2.05) is 0 Å². The minimum atomic E-state index is -0.442. The van der Waals surface area contributed by atoms with E-state index in [1.54, 1.807) is 40.2 Å². The van der Waals surface area contributed by atoms with Gasteiger partial charge < -0.3 is 5.32 Å². The van der Waals surface area contributed by atoms with Gasteiger partial charge in [0, 0.05) is 29.9 Å². The van der Waals surface area contributed by atoms with Crippen molar-refractivity contribution in [1.82, 2.24) is 20.0 Å². The third kappa shape index (κ3) is 3.71. The molecule has 10 heteroatoms. The lowest BCUT2D eigenvalue weighted by Gasteiger charge is -2.30. The summed E-state index contributed by atoms with van der Waals surface area (Å²) in [6.07, 6.45) is 7.02. The van der Waals surface area contributed by atoms with Gasteiger partial charge in [-0.2, -0.15) is 5.10 Å². The van der Waals surface area contributed by atoms with Gasteiger partial charge in [0.05, 0.1) is 21.7 Å². The Morgan fingerprint density at radius 1 is 1.29 bits per heavy atom. The number of nitro benzene ring substituents is 1. The quantitative estimate of drug-likeness (QED) is 0.355. The number of nitrogens with one attached hydrogen (secondary N) is 1. The summed E-state index contributed by atoms with van der Waals surface area (Å²) < 4.78 is 2.22. The number of piperidine rings is 1. The monoisotopic (exact) mass is 415 g/mol. The minimum Gasteiger partial charge on any atom is -0.317 e. The number of hydrogen-bond donors (Lipinski definition) is 1. The van der Waals surface area contributed by atoms with Crippen LogP contribution in [0.4, 0.5) is 5.69 Å². The first-order valence-electron chi connectivity index (χ1n) is 8.80. The highest BCUT2D eigenvalue weighted by atomic mass is 32.2. The zero-order chi connectivity index (χ0) is 19.7. The molecule has 8 nitrogen and oxygen atoms in total. The first-order valence-corrected chi connectivity index (χ1v) is 10.0. The molecule has 4 rings (SSSR count). The lowest BCUT2D eigenvalue weighted by molar-refractivity contribution is -0.384. The molecule has 0 radical (unpaired) electrons. The number of aromatic nitrogens is 2. The number of hydrogen-bond acceptors (Lipinski definition) is 7. The zero-order valence-corrected chi connectivity index (χ0v) is 16.4. The molecule has 28 heavy (non-hydrogen) atoms. The molecular formula is C18H17N5O3S2. The van der Waals surface area contributed by atoms with Crippen LogP contribution in [0.3, 0.4) is 0 Å². The summed E-state index contributed by atoms with van der Waals surface area (Å²) in [6, 6.07) is 6.28. The summed E-state index contributed by atoms with van der Waals surface area (Å²) in [5.41, 5.74) is 1.49. The van der Waals surface area contributed by atoms with Gasteiger partial charge >= 0.3 is 0 Å². The molecule has 0 atom stereocenters. The van der Waals surface area contributed by atoms with E-state index >= 15 is 0 Å². The van der Waals surface area contributed by atoms with Gasteiger partial charge in [-0.05, 0) is 44.1 Å². The van der Waals surface area contributed by atoms with E-state index < -0.39 is 4.92 Å². The Bertz CT molecular complexity index is 964. The molecule has 1 N–H and O–H groups in total. The molecule has 2 aromatic rings. The van der Waals surface area contributed by atoms with Crippen LogP contribution in [0.15, 0.2) is 41.6 Å². The van der Waals surface area contributed by atoms with Crippen molar-refractivity contribution >= 4 is 46.0 Å². The maximum atomic E-state index is 12.8. The van der Waals surface area contributed by atoms with Crippen LogP contribution in [-0.4, -0.2) is 49.0 Å². The molecule has 2 aliphatic heterocycles. The molecule has 144 valence electrons. The van der Waals surface area contributed by atoms with Gasteiger partial charge in [-0.3, -0.25) is 19.8 Å². The van der Waals surface area contributed by atoms with Crippen LogP contribution in [-0.2, 0) is 4.79 Å². The van der Waals surface area contributed by atoms with E-state index in [2.05, 4.69) is 10.4 Å². The van der Waals surface area contributed by atoms with E-state index in [1.165, 1.54) is 23.9 Å². The number of amides is 1. The lowest BCUT2D eigenvalue weighted by Crippen LogP contribution is -2.45. The first-order chi connectivity index (χ1) is 13.5. The number of carbonyl (C=O) groups is 1. The Morgan fingerprint density at radius 3 is 2.68 bits per heavy atom. The Kier molecular flexibility index (Phi) is 5.25. The van der Waals surface area contributed by atoms with E-state index in [-0.39, 0.29) is 17.6 Å². The summed E-state index contributed by atoms with van der Waals surface area (Å²) in [7, 11) is 0. The number of thiocarbonyl (C=S) groups is 1. The highest BCUT2D eigenvalue weighted by molar-refractivity contribution is 8.26. The number of non-ortho nitro benzene ring substituents is 1. The summed E-state index contributed by atoms with van der Waals surface area (Å²) in [4.78, 5) is 25.5. The average molecular weight is 416 g/mol. The number of nitro groups is 1. The largest absolute Gasteiger partial charge is 0.317 e. The molecule has 0 saturated carbocycles. The average Bonchev–Trinajstić information content (AvgIpc) is 3.27. The van der Waals surface area contributed by atoms with Crippen LogP contribution < -0.4 is 5.32 Å². The highest BCUT2D eigenvalue weighted by Gasteiger charge is 2.37. The molecule has 3 heterocycles. The van der Waals surface area contributed by atoms with Crippen molar-refractivity contribution in [2.45, 2.75) is 18.9 Å². The fourth-order valence-electron chi connectivity index (χ4n) is 3.29. The second-order valence-electron chi connectivity index (χ2n) is 6.52. The summed E-state index contributed by atoms with van der Waals surface area (Å²) in [5.74, 6) is -0.0509. The van der Waals surface area contributed by atoms with E-state index in [0.717, 1.165) is 31.5 Å². The number of nitrogens with zero attached hydrogens (tertiary/aromatic N) is 4. The lowest BCUT2D eigenvalue weighted by atomic mass is 10.1. The van der Waals surface area contributed by atoms with Gasteiger partial charge in [-0.1, -0.05) is 24.0 Å². The van der Waals surface area contributed by atoms with Crippen molar-refractivity contribution in [3.8, 4) is 5.69 Å². The molecule has 0 bridgehead atoms. The van der Waals surface area contributed by atoms with Crippen LogP contribution in [0, 0.1) is 10.1 Å². The Labute approximate surface area is 170 Å². The molecule has 0 unspecified atom stereocenters. The normalized spacial score (nSPS) is 19.6. The maximum absolute atomic E-state index is 12.8. The summed E-state index contributed by atoms with van der Waals surface area (Å²) in [5, 5.41) is 18.3. The first kappa shape index (κ1) is 18.8. The minimum absolute atomic E-state index is 0.0257. The van der Waals surface area contributed by atoms with Crippen LogP contribution in [0.5, 0.6) is 0 Å². The molecule has 2 saturated heterocycles. The Hall–Kier alpha value is -2.56. The third-order valence-electron chi connectivity index (χ3n) is 4.72. The second kappa shape index (κ2) is 7.82. The van der Waals surface area contributed by atoms with E-state index in [9.17, 15) is 14.9 Å². The maximum Gasteiger partial charge on any atom is 0.269 e. The summed E-state index contributed by atoms with van der Waals surface area (Å²) >= 11 is 6.75. The predicted molar refractivity (Wildman–Crippen MR) is 111 cm³/mol. The molecule has 2 aliphatic rings. The van der Waals surface area contributed by atoms with Crippen LogP contribution in [0.25, 0.3) is 11.8 Å². The smallest absolute Gasteiger partial charge is 0.269 e. The van der Waals surface area contributed by atoms with E-state index in [0.29, 0.717) is 14.9 Å². The zero-order valence-electron chi connectivity index (χ0n) is 14.8. The molecular weight excluding hydrogens is 398 g/mol. The van der Waals surface area contributed by atoms with Gasteiger partial charge in [-0.15, -0.1) is 0 Å². The fourth-order valence-corrected chi connectivity index (χ4v) is 4.69. The van der Waals surface area contributed by atoms with Crippen molar-refractivity contribution in [3.05, 3.63) is 57.2 Å². The Balaban J connectivity index is 1.52. The van der Waals surface area contributed by atoms with Crippen molar-refractivity contribution < 1.29 is 9.72 Å². The van der Waals surface area contributed by atoms with Crippen molar-refractivity contribution in [2.75, 3.05) is 13.1 Å². The van der Waals surface area contributed by atoms with Crippen molar-refractivity contribution in [2.24, 2.45) is 0 Å². The predicted octanol–water partition coefficient (Wildman–Crippen LogP) is 2.73. The molecule has 0 spiro atoms. The third-order valence-corrected chi connectivity index (χ3v) is 6.05. The SMILES string of the molecule is O=C1/C(=C/c2cnn(-c3ccc([N+](=O)[O-])cc3)c2)SC(=S)N1C1CCNCC1. The molecule has 0 aliphatic carbocycles. The van der Waals surface area contributed by atoms with Gasteiger partial charge in [-0.25, -0.2) is 4.68 Å². The number of rotatable bonds is 4. The van der Waals surface area contributed by atoms with Gasteiger partial charge in [0.1, 0.15) is 4.32 Å². The van der Waals surface area contributed by atoms with Gasteiger partial charge in [0.2, 0.25) is 0 Å². The molecule has 1 aromatic heterocycles. The molecule has 2 fully saturated rings. The standard InChI is InChI=1S/C18H17N5O3S2/c24-17-16(28-18(27)22(17)14-5-7-19-8-6-14)9-12-10-20-21(11-12)13-1-3-15(4-2-13)23(25)26/h1-4,9-11,14,19H,5-8H2/b16-9-. The Morgan fingerprint density at radius 2 is 2.00 bits per heavy atom. The van der Waals surface area contributed by atoms with Crippen molar-refractivity contribution in [1.29, 1.82) is 0 Å². The van der Waals surface area contributed by atoms with Gasteiger partial charge in [0.25, 0.3) is 11.6 Å². The fraction of sp³-hybridized carbons (Fsp3) is 0.278. The van der Waals surface area contributed by atoms with Crippen molar-refractivity contribution in [3.63, 3.8) is 0 Å². The topological polar surface area (TPSA) is 93.3 Å². The van der Waals surface area contributed by atoms with Crippen LogP contribution in [0.1, 0.15) is 18.4 Å². The number of thioether (sulfide) groups is 1. The number of carbonyl (C=O) groups excluding carboxylic acids is 1. The van der Waals surface area contributed by atoms with Crippen LogP contribution in [0.2, 0.25) is 0 Å².